The van der Waals surface area contributed by atoms with Crippen LogP contribution in [0.5, 0.6) is 0 Å². The van der Waals surface area contributed by atoms with E-state index in [0.29, 0.717) is 6.42 Å². The molecular weight excluding hydrogens is 164 g/mol. The van der Waals surface area contributed by atoms with E-state index in [2.05, 4.69) is 13.2 Å². The fourth-order valence-electron chi connectivity index (χ4n) is 1.21. The van der Waals surface area contributed by atoms with Gasteiger partial charge >= 0.3 is 5.97 Å². The first-order valence-electron chi connectivity index (χ1n) is 4.64. The second kappa shape index (κ2) is 6.46. The zero-order chi connectivity index (χ0) is 10.3. The molecule has 13 heavy (non-hydrogen) atoms. The maximum atomic E-state index is 10.8. The summed E-state index contributed by atoms with van der Waals surface area (Å²) in [5.41, 5.74) is 0.816. The maximum Gasteiger partial charge on any atom is 0.310 e. The topological polar surface area (TPSA) is 37.3 Å². The first-order valence-corrected chi connectivity index (χ1v) is 4.64. The zero-order valence-corrected chi connectivity index (χ0v) is 8.25. The smallest absolute Gasteiger partial charge is 0.310 e. The molecule has 2 nitrogen and oxygen atoms in total. The van der Waals surface area contributed by atoms with Gasteiger partial charge in [-0.15, -0.1) is 6.58 Å². The van der Waals surface area contributed by atoms with Crippen LogP contribution in [0.4, 0.5) is 0 Å². The molecule has 0 aliphatic heterocycles. The van der Waals surface area contributed by atoms with E-state index in [-0.39, 0.29) is 5.92 Å². The molecule has 1 atom stereocenters. The van der Waals surface area contributed by atoms with Crippen LogP contribution in [0.3, 0.4) is 0 Å². The Bertz CT molecular complexity index is 194. The van der Waals surface area contributed by atoms with Crippen molar-refractivity contribution >= 4 is 5.97 Å². The number of hydrogen-bond donors (Lipinski definition) is 1. The first kappa shape index (κ1) is 11.9. The lowest BCUT2D eigenvalue weighted by molar-refractivity contribution is -0.140. The van der Waals surface area contributed by atoms with Crippen LogP contribution in [-0.2, 0) is 4.79 Å². The monoisotopic (exact) mass is 182 g/mol. The van der Waals surface area contributed by atoms with Gasteiger partial charge in [0, 0.05) is 0 Å². The summed E-state index contributed by atoms with van der Waals surface area (Å²) < 4.78 is 0. The number of allylic oxidation sites excluding steroid dienone is 1. The normalized spacial score (nSPS) is 12.1. The van der Waals surface area contributed by atoms with Gasteiger partial charge in [-0.1, -0.05) is 25.2 Å². The fourth-order valence-corrected chi connectivity index (χ4v) is 1.21. The van der Waals surface area contributed by atoms with E-state index in [9.17, 15) is 4.79 Å². The van der Waals surface area contributed by atoms with Gasteiger partial charge in [-0.3, -0.25) is 4.79 Å². The molecular formula is C11H18O2. The molecule has 1 unspecified atom stereocenters. The van der Waals surface area contributed by atoms with Gasteiger partial charge in [-0.25, -0.2) is 0 Å². The molecule has 0 saturated carbocycles. The summed E-state index contributed by atoms with van der Waals surface area (Å²) in [4.78, 5) is 10.8. The van der Waals surface area contributed by atoms with Crippen molar-refractivity contribution in [3.63, 3.8) is 0 Å². The molecule has 0 saturated heterocycles. The third-order valence-electron chi connectivity index (χ3n) is 2.15. The van der Waals surface area contributed by atoms with E-state index in [1.165, 1.54) is 0 Å². The number of carboxylic acid groups (broad SMARTS) is 1. The third-order valence-corrected chi connectivity index (χ3v) is 2.15. The molecule has 0 aromatic carbocycles. The molecule has 0 rings (SSSR count). The molecule has 0 fully saturated rings. The summed E-state index contributed by atoms with van der Waals surface area (Å²) >= 11 is 0. The van der Waals surface area contributed by atoms with E-state index in [1.54, 1.807) is 0 Å². The van der Waals surface area contributed by atoms with E-state index in [1.807, 2.05) is 13.0 Å². The largest absolute Gasteiger partial charge is 0.481 e. The molecule has 2 heteroatoms. The van der Waals surface area contributed by atoms with Crippen molar-refractivity contribution in [2.24, 2.45) is 5.92 Å². The minimum absolute atomic E-state index is 0.370. The van der Waals surface area contributed by atoms with Crippen molar-refractivity contribution in [2.75, 3.05) is 0 Å². The Hall–Kier alpha value is -1.05. The van der Waals surface area contributed by atoms with Gasteiger partial charge in [-0.2, -0.15) is 0 Å². The summed E-state index contributed by atoms with van der Waals surface area (Å²) in [5.74, 6) is -1.12. The quantitative estimate of drug-likeness (QED) is 0.485. The standard InChI is InChI=1S/C11H18O2/c1-4-6-7-8-10(11(12)13)9(3)5-2/h4,10H,1,3,5-8H2,2H3,(H,12,13). The van der Waals surface area contributed by atoms with Gasteiger partial charge in [0.25, 0.3) is 0 Å². The number of unbranched alkanes of at least 4 members (excludes halogenated alkanes) is 1. The van der Waals surface area contributed by atoms with Gasteiger partial charge < -0.3 is 5.11 Å². The Morgan fingerprint density at radius 2 is 2.23 bits per heavy atom. The molecule has 0 heterocycles. The number of carboxylic acids is 1. The van der Waals surface area contributed by atoms with Gasteiger partial charge in [0.2, 0.25) is 0 Å². The van der Waals surface area contributed by atoms with Crippen LogP contribution in [0.1, 0.15) is 32.6 Å². The average molecular weight is 182 g/mol. The van der Waals surface area contributed by atoms with E-state index in [4.69, 9.17) is 5.11 Å². The van der Waals surface area contributed by atoms with Crippen LogP contribution in [0, 0.1) is 5.92 Å². The average Bonchev–Trinajstić information content (AvgIpc) is 2.11. The van der Waals surface area contributed by atoms with Crippen LogP contribution in [0.15, 0.2) is 24.8 Å². The molecule has 0 aliphatic carbocycles. The van der Waals surface area contributed by atoms with E-state index >= 15 is 0 Å². The highest BCUT2D eigenvalue weighted by atomic mass is 16.4. The molecule has 0 aromatic heterocycles. The maximum absolute atomic E-state index is 10.8. The highest BCUT2D eigenvalue weighted by Gasteiger charge is 2.18. The predicted octanol–water partition coefficient (Wildman–Crippen LogP) is 3.01. The van der Waals surface area contributed by atoms with Crippen molar-refractivity contribution in [3.8, 4) is 0 Å². The van der Waals surface area contributed by atoms with Crippen molar-refractivity contribution < 1.29 is 9.90 Å². The molecule has 1 N–H and O–H groups in total. The number of carbonyl (C=O) groups is 1. The van der Waals surface area contributed by atoms with E-state index < -0.39 is 5.97 Å². The van der Waals surface area contributed by atoms with Crippen LogP contribution in [-0.4, -0.2) is 11.1 Å². The summed E-state index contributed by atoms with van der Waals surface area (Å²) in [7, 11) is 0. The van der Waals surface area contributed by atoms with Gasteiger partial charge in [-0.05, 0) is 25.7 Å². The lowest BCUT2D eigenvalue weighted by atomic mass is 9.93. The summed E-state index contributed by atoms with van der Waals surface area (Å²) in [6, 6.07) is 0. The summed E-state index contributed by atoms with van der Waals surface area (Å²) in [6.07, 6.45) is 4.98. The Morgan fingerprint density at radius 3 is 2.62 bits per heavy atom. The second-order valence-electron chi connectivity index (χ2n) is 3.12. The Morgan fingerprint density at radius 1 is 1.62 bits per heavy atom. The minimum atomic E-state index is -0.754. The van der Waals surface area contributed by atoms with Crippen molar-refractivity contribution in [1.82, 2.24) is 0 Å². The van der Waals surface area contributed by atoms with Crippen LogP contribution < -0.4 is 0 Å². The number of rotatable bonds is 7. The first-order chi connectivity index (χ1) is 6.13. The van der Waals surface area contributed by atoms with Crippen LogP contribution in [0.2, 0.25) is 0 Å². The SMILES string of the molecule is C=CCCCC(C(=C)CC)C(=O)O. The van der Waals surface area contributed by atoms with Gasteiger partial charge in [0.1, 0.15) is 0 Å². The molecule has 0 aliphatic rings. The summed E-state index contributed by atoms with van der Waals surface area (Å²) in [6.45, 7) is 9.30. The number of aliphatic carboxylic acids is 1. The second-order valence-corrected chi connectivity index (χ2v) is 3.12. The van der Waals surface area contributed by atoms with Crippen LogP contribution >= 0.6 is 0 Å². The molecule has 0 amide bonds. The number of hydrogen-bond acceptors (Lipinski definition) is 1. The van der Waals surface area contributed by atoms with Crippen molar-refractivity contribution in [2.45, 2.75) is 32.6 Å². The predicted molar refractivity (Wildman–Crippen MR) is 54.6 cm³/mol. The minimum Gasteiger partial charge on any atom is -0.481 e. The van der Waals surface area contributed by atoms with Crippen LogP contribution in [0.25, 0.3) is 0 Å². The molecule has 0 aromatic rings. The van der Waals surface area contributed by atoms with E-state index in [0.717, 1.165) is 24.8 Å². The molecule has 0 radical (unpaired) electrons. The third kappa shape index (κ3) is 4.51. The Labute approximate surface area is 80.0 Å². The lowest BCUT2D eigenvalue weighted by Gasteiger charge is -2.12. The van der Waals surface area contributed by atoms with Gasteiger partial charge in [0.15, 0.2) is 0 Å². The fraction of sp³-hybridized carbons (Fsp3) is 0.545. The Kier molecular flexibility index (Phi) is 5.94. The lowest BCUT2D eigenvalue weighted by Crippen LogP contribution is -2.15. The Balaban J connectivity index is 4.02. The highest BCUT2D eigenvalue weighted by Crippen LogP contribution is 2.19. The summed E-state index contributed by atoms with van der Waals surface area (Å²) in [5, 5.41) is 8.89. The molecule has 74 valence electrons. The molecule has 0 bridgehead atoms. The van der Waals surface area contributed by atoms with Crippen molar-refractivity contribution in [1.29, 1.82) is 0 Å². The molecule has 0 spiro atoms. The van der Waals surface area contributed by atoms with Gasteiger partial charge in [0.05, 0.1) is 5.92 Å². The highest BCUT2D eigenvalue weighted by molar-refractivity contribution is 5.73. The zero-order valence-electron chi connectivity index (χ0n) is 8.25. The van der Waals surface area contributed by atoms with Crippen molar-refractivity contribution in [3.05, 3.63) is 24.8 Å².